The zero-order valence-electron chi connectivity index (χ0n) is 10.0. The molecule has 2 aromatic rings. The first-order chi connectivity index (χ1) is 8.83. The maximum Gasteiger partial charge on any atom is 0.145 e. The Bertz CT molecular complexity index is 541. The van der Waals surface area contributed by atoms with Gasteiger partial charge < -0.3 is 14.6 Å². The third kappa shape index (κ3) is 1.94. The fraction of sp³-hybridized carbons (Fsp3) is 0.357. The Balaban J connectivity index is 1.82. The largest absolute Gasteiger partial charge is 0.490 e. The highest BCUT2D eigenvalue weighted by Crippen LogP contribution is 2.30. The summed E-state index contributed by atoms with van der Waals surface area (Å²) in [5, 5.41) is 10.4. The van der Waals surface area contributed by atoms with Crippen LogP contribution in [0.4, 0.5) is 0 Å². The molecule has 1 aliphatic rings. The second kappa shape index (κ2) is 4.55. The van der Waals surface area contributed by atoms with Crippen molar-refractivity contribution in [3.63, 3.8) is 0 Å². The molecule has 0 bridgehead atoms. The van der Waals surface area contributed by atoms with Crippen molar-refractivity contribution in [1.29, 1.82) is 0 Å². The number of aliphatic hydroxyl groups is 1. The summed E-state index contributed by atoms with van der Waals surface area (Å²) in [6.07, 6.45) is 1.75. The first-order valence-corrected chi connectivity index (χ1v) is 5.98. The molecule has 94 valence electrons. The van der Waals surface area contributed by atoms with E-state index in [9.17, 15) is 5.11 Å². The van der Waals surface area contributed by atoms with E-state index in [2.05, 4.69) is 4.98 Å². The van der Waals surface area contributed by atoms with Gasteiger partial charge in [-0.15, -0.1) is 0 Å². The van der Waals surface area contributed by atoms with Crippen molar-refractivity contribution in [2.24, 2.45) is 5.41 Å². The lowest BCUT2D eigenvalue weighted by Gasteiger charge is -2.39. The Labute approximate surface area is 105 Å². The summed E-state index contributed by atoms with van der Waals surface area (Å²) in [5.41, 5.74) is 0.616. The summed E-state index contributed by atoms with van der Waals surface area (Å²) in [5.74, 6) is 0.757. The molecule has 0 spiro atoms. The minimum atomic E-state index is -0.239. The highest BCUT2D eigenvalue weighted by molar-refractivity contribution is 5.84. The van der Waals surface area contributed by atoms with Crippen molar-refractivity contribution in [1.82, 2.24) is 4.98 Å². The number of nitrogens with zero attached hydrogens (tertiary/aromatic N) is 1. The Morgan fingerprint density at radius 3 is 2.83 bits per heavy atom. The molecule has 1 aromatic carbocycles. The number of rotatable bonds is 4. The fourth-order valence-electron chi connectivity index (χ4n) is 2.03. The molecule has 2 heterocycles. The van der Waals surface area contributed by atoms with Gasteiger partial charge in [0.05, 0.1) is 25.2 Å². The van der Waals surface area contributed by atoms with Crippen LogP contribution in [0.15, 0.2) is 36.5 Å². The normalized spacial score (nSPS) is 17.4. The molecule has 3 rings (SSSR count). The number of aromatic nitrogens is 1. The van der Waals surface area contributed by atoms with E-state index in [1.165, 1.54) is 0 Å². The first-order valence-electron chi connectivity index (χ1n) is 5.98. The number of hydrogen-bond acceptors (Lipinski definition) is 4. The molecule has 1 N–H and O–H groups in total. The summed E-state index contributed by atoms with van der Waals surface area (Å²) >= 11 is 0. The van der Waals surface area contributed by atoms with E-state index in [-0.39, 0.29) is 12.0 Å². The van der Waals surface area contributed by atoms with Crippen LogP contribution in [0.1, 0.15) is 0 Å². The van der Waals surface area contributed by atoms with Gasteiger partial charge in [-0.3, -0.25) is 4.98 Å². The van der Waals surface area contributed by atoms with Crippen LogP contribution in [-0.2, 0) is 4.74 Å². The molecular weight excluding hydrogens is 230 g/mol. The van der Waals surface area contributed by atoms with Crippen molar-refractivity contribution in [2.45, 2.75) is 0 Å². The van der Waals surface area contributed by atoms with Gasteiger partial charge in [-0.05, 0) is 12.1 Å². The van der Waals surface area contributed by atoms with Crippen LogP contribution in [0.2, 0.25) is 0 Å². The fourth-order valence-corrected chi connectivity index (χ4v) is 2.03. The molecule has 1 saturated heterocycles. The zero-order chi connectivity index (χ0) is 12.4. The summed E-state index contributed by atoms with van der Waals surface area (Å²) < 4.78 is 11.0. The van der Waals surface area contributed by atoms with E-state index >= 15 is 0 Å². The molecule has 18 heavy (non-hydrogen) atoms. The van der Waals surface area contributed by atoms with Crippen molar-refractivity contribution < 1.29 is 14.6 Å². The summed E-state index contributed by atoms with van der Waals surface area (Å²) in [7, 11) is 0. The lowest BCUT2D eigenvalue weighted by Crippen LogP contribution is -2.49. The van der Waals surface area contributed by atoms with Gasteiger partial charge in [0, 0.05) is 11.6 Å². The Morgan fingerprint density at radius 2 is 2.11 bits per heavy atom. The van der Waals surface area contributed by atoms with Crippen molar-refractivity contribution in [3.05, 3.63) is 36.5 Å². The smallest absolute Gasteiger partial charge is 0.145 e. The number of pyridine rings is 1. The standard InChI is InChI=1S/C14H15NO3/c16-7-14(8-17-9-14)10-18-12-5-1-3-11-4-2-6-15-13(11)12/h1-6,16H,7-10H2. The number of ether oxygens (including phenoxy) is 2. The van der Waals surface area contributed by atoms with Crippen LogP contribution in [0.25, 0.3) is 10.9 Å². The second-order valence-corrected chi connectivity index (χ2v) is 4.77. The molecule has 1 aromatic heterocycles. The molecule has 0 unspecified atom stereocenters. The maximum atomic E-state index is 9.35. The summed E-state index contributed by atoms with van der Waals surface area (Å²) in [6.45, 7) is 1.66. The molecule has 0 aliphatic carbocycles. The van der Waals surface area contributed by atoms with Gasteiger partial charge in [-0.2, -0.15) is 0 Å². The number of fused-ring (bicyclic) bond motifs is 1. The molecule has 1 aliphatic heterocycles. The molecule has 0 amide bonds. The van der Waals surface area contributed by atoms with Crippen molar-refractivity contribution in [3.8, 4) is 5.75 Å². The summed E-state index contributed by atoms with van der Waals surface area (Å²) in [6, 6.07) is 9.76. The van der Waals surface area contributed by atoms with Crippen LogP contribution in [0.5, 0.6) is 5.75 Å². The van der Waals surface area contributed by atoms with Gasteiger partial charge in [0.1, 0.15) is 17.9 Å². The Kier molecular flexibility index (Phi) is 2.89. The Hall–Kier alpha value is -1.65. The SMILES string of the molecule is OCC1(COc2cccc3cccnc23)COC1. The number of para-hydroxylation sites is 1. The van der Waals surface area contributed by atoms with Gasteiger partial charge in [-0.1, -0.05) is 18.2 Å². The van der Waals surface area contributed by atoms with Crippen molar-refractivity contribution in [2.75, 3.05) is 26.4 Å². The minimum absolute atomic E-state index is 0.0885. The molecule has 0 radical (unpaired) electrons. The quantitative estimate of drug-likeness (QED) is 0.889. The van der Waals surface area contributed by atoms with Crippen LogP contribution in [0, 0.1) is 5.41 Å². The predicted molar refractivity (Wildman–Crippen MR) is 67.6 cm³/mol. The molecule has 1 fully saturated rings. The van der Waals surface area contributed by atoms with E-state index in [1.807, 2.05) is 30.3 Å². The van der Waals surface area contributed by atoms with Gasteiger partial charge in [-0.25, -0.2) is 0 Å². The number of aliphatic hydroxyl groups excluding tert-OH is 1. The van der Waals surface area contributed by atoms with E-state index < -0.39 is 0 Å². The second-order valence-electron chi connectivity index (χ2n) is 4.77. The molecular formula is C14H15NO3. The topological polar surface area (TPSA) is 51.6 Å². The van der Waals surface area contributed by atoms with Crippen LogP contribution in [-0.4, -0.2) is 36.5 Å². The lowest BCUT2D eigenvalue weighted by atomic mass is 9.88. The highest BCUT2D eigenvalue weighted by Gasteiger charge is 2.39. The molecule has 4 heteroatoms. The average molecular weight is 245 g/mol. The van der Waals surface area contributed by atoms with Gasteiger partial charge >= 0.3 is 0 Å². The third-order valence-electron chi connectivity index (χ3n) is 3.28. The van der Waals surface area contributed by atoms with Crippen LogP contribution >= 0.6 is 0 Å². The van der Waals surface area contributed by atoms with E-state index in [0.29, 0.717) is 19.8 Å². The van der Waals surface area contributed by atoms with Crippen LogP contribution in [0.3, 0.4) is 0 Å². The molecule has 0 saturated carbocycles. The Morgan fingerprint density at radius 1 is 1.28 bits per heavy atom. The van der Waals surface area contributed by atoms with E-state index in [4.69, 9.17) is 9.47 Å². The maximum absolute atomic E-state index is 9.35. The molecule has 4 nitrogen and oxygen atoms in total. The first kappa shape index (κ1) is 11.4. The highest BCUT2D eigenvalue weighted by atomic mass is 16.5. The zero-order valence-corrected chi connectivity index (χ0v) is 10.0. The number of hydrogen-bond donors (Lipinski definition) is 1. The number of benzene rings is 1. The van der Waals surface area contributed by atoms with E-state index in [1.54, 1.807) is 6.20 Å². The monoisotopic (exact) mass is 245 g/mol. The van der Waals surface area contributed by atoms with Gasteiger partial charge in [0.25, 0.3) is 0 Å². The average Bonchev–Trinajstić information content (AvgIpc) is 2.38. The van der Waals surface area contributed by atoms with Gasteiger partial charge in [0.15, 0.2) is 0 Å². The lowest BCUT2D eigenvalue weighted by molar-refractivity contribution is -0.153. The summed E-state index contributed by atoms with van der Waals surface area (Å²) in [4.78, 5) is 4.33. The predicted octanol–water partition coefficient (Wildman–Crippen LogP) is 1.62. The van der Waals surface area contributed by atoms with E-state index in [0.717, 1.165) is 16.7 Å². The van der Waals surface area contributed by atoms with Crippen LogP contribution < -0.4 is 4.74 Å². The third-order valence-corrected chi connectivity index (χ3v) is 3.28. The molecule has 0 atom stereocenters. The van der Waals surface area contributed by atoms with Crippen molar-refractivity contribution >= 4 is 10.9 Å². The van der Waals surface area contributed by atoms with Gasteiger partial charge in [0.2, 0.25) is 0 Å². The minimum Gasteiger partial charge on any atom is -0.490 e.